The summed E-state index contributed by atoms with van der Waals surface area (Å²) in [5.74, 6) is -0.916. The van der Waals surface area contributed by atoms with Gasteiger partial charge < -0.3 is 10.2 Å². The summed E-state index contributed by atoms with van der Waals surface area (Å²) in [5.41, 5.74) is 0.933. The van der Waals surface area contributed by atoms with Gasteiger partial charge in [-0.15, -0.1) is 0 Å². The fraction of sp³-hybridized carbons (Fsp3) is 0.259. The summed E-state index contributed by atoms with van der Waals surface area (Å²) in [5, 5.41) is 4.00. The van der Waals surface area contributed by atoms with Gasteiger partial charge in [0.1, 0.15) is 12.6 Å². The summed E-state index contributed by atoms with van der Waals surface area (Å²) < 4.78 is 28.4. The number of halogens is 3. The molecule has 2 amide bonds. The van der Waals surface area contributed by atoms with Crippen LogP contribution >= 0.6 is 34.8 Å². The van der Waals surface area contributed by atoms with E-state index in [9.17, 15) is 18.0 Å². The maximum atomic E-state index is 13.8. The van der Waals surface area contributed by atoms with Gasteiger partial charge in [0.2, 0.25) is 11.8 Å². The number of carbonyl (C=O) groups is 2. The number of nitrogens with one attached hydrogen (secondary N) is 1. The molecule has 0 saturated carbocycles. The Morgan fingerprint density at radius 3 is 2.08 bits per heavy atom. The molecule has 0 spiro atoms. The van der Waals surface area contributed by atoms with Crippen molar-refractivity contribution in [2.45, 2.75) is 37.8 Å². The molecule has 0 aliphatic heterocycles. The standard InChI is InChI=1S/C27H28Cl3N3O4S/c1-3-15-31-27(35)19(2)32(17-20-7-9-21(28)10-8-20)26(34)18-33(24-6-4-5-23(30)16-24)38(36,37)25-13-11-22(29)12-14-25/h4-14,16,19H,3,15,17-18H2,1-2H3,(H,31,35)/t19-/m0/s1. The molecule has 11 heteroatoms. The summed E-state index contributed by atoms with van der Waals surface area (Å²) in [6.07, 6.45) is 0.728. The number of sulfonamides is 1. The summed E-state index contributed by atoms with van der Waals surface area (Å²) in [4.78, 5) is 28.0. The van der Waals surface area contributed by atoms with Gasteiger partial charge in [0.15, 0.2) is 0 Å². The monoisotopic (exact) mass is 595 g/mol. The lowest BCUT2D eigenvalue weighted by Gasteiger charge is -2.32. The number of hydrogen-bond acceptors (Lipinski definition) is 4. The molecule has 3 aromatic rings. The fourth-order valence-corrected chi connectivity index (χ4v) is 5.50. The number of hydrogen-bond donors (Lipinski definition) is 1. The zero-order valence-corrected chi connectivity index (χ0v) is 24.0. The molecule has 0 unspecified atom stereocenters. The van der Waals surface area contributed by atoms with Crippen LogP contribution in [0.4, 0.5) is 5.69 Å². The number of carbonyl (C=O) groups excluding carboxylic acids is 2. The molecule has 0 fully saturated rings. The lowest BCUT2D eigenvalue weighted by molar-refractivity contribution is -0.139. The van der Waals surface area contributed by atoms with Crippen LogP contribution in [0.15, 0.2) is 77.7 Å². The number of benzene rings is 3. The second-order valence-electron chi connectivity index (χ2n) is 8.56. The Hall–Kier alpha value is -2.78. The van der Waals surface area contributed by atoms with Crippen molar-refractivity contribution in [2.24, 2.45) is 0 Å². The molecule has 1 atom stereocenters. The van der Waals surface area contributed by atoms with Crippen molar-refractivity contribution in [2.75, 3.05) is 17.4 Å². The molecule has 0 heterocycles. The molecule has 202 valence electrons. The third kappa shape index (κ3) is 7.63. The van der Waals surface area contributed by atoms with Gasteiger partial charge >= 0.3 is 0 Å². The predicted octanol–water partition coefficient (Wildman–Crippen LogP) is 5.79. The van der Waals surface area contributed by atoms with Crippen LogP contribution < -0.4 is 9.62 Å². The van der Waals surface area contributed by atoms with Crippen molar-refractivity contribution in [1.82, 2.24) is 10.2 Å². The third-order valence-electron chi connectivity index (χ3n) is 5.76. The minimum absolute atomic E-state index is 0.0485. The molecule has 0 saturated heterocycles. The number of nitrogens with zero attached hydrogens (tertiary/aromatic N) is 2. The van der Waals surface area contributed by atoms with Gasteiger partial charge in [-0.05, 0) is 73.5 Å². The van der Waals surface area contributed by atoms with E-state index in [0.29, 0.717) is 21.6 Å². The Morgan fingerprint density at radius 2 is 1.50 bits per heavy atom. The predicted molar refractivity (Wildman–Crippen MR) is 152 cm³/mol. The van der Waals surface area contributed by atoms with Crippen LogP contribution in [-0.4, -0.2) is 44.3 Å². The van der Waals surface area contributed by atoms with E-state index < -0.39 is 28.5 Å². The quantitative estimate of drug-likeness (QED) is 0.304. The zero-order chi connectivity index (χ0) is 27.9. The van der Waals surface area contributed by atoms with E-state index in [-0.39, 0.29) is 23.0 Å². The average molecular weight is 597 g/mol. The normalized spacial score (nSPS) is 12.0. The van der Waals surface area contributed by atoms with Crippen LogP contribution in [0.1, 0.15) is 25.8 Å². The van der Waals surface area contributed by atoms with Gasteiger partial charge in [0, 0.05) is 28.2 Å². The van der Waals surface area contributed by atoms with Crippen LogP contribution in [-0.2, 0) is 26.2 Å². The van der Waals surface area contributed by atoms with E-state index in [1.807, 2.05) is 6.92 Å². The van der Waals surface area contributed by atoms with Crippen LogP contribution in [0.25, 0.3) is 0 Å². The van der Waals surface area contributed by atoms with E-state index >= 15 is 0 Å². The second kappa shape index (κ2) is 13.3. The molecule has 1 N–H and O–H groups in total. The molecule has 3 aromatic carbocycles. The highest BCUT2D eigenvalue weighted by molar-refractivity contribution is 7.92. The highest BCUT2D eigenvalue weighted by Gasteiger charge is 2.32. The van der Waals surface area contributed by atoms with Crippen molar-refractivity contribution in [1.29, 1.82) is 0 Å². The van der Waals surface area contributed by atoms with E-state index in [2.05, 4.69) is 5.32 Å². The minimum atomic E-state index is -4.20. The highest BCUT2D eigenvalue weighted by Crippen LogP contribution is 2.27. The largest absolute Gasteiger partial charge is 0.354 e. The number of anilines is 1. The van der Waals surface area contributed by atoms with Crippen molar-refractivity contribution in [3.05, 3.63) is 93.4 Å². The topological polar surface area (TPSA) is 86.8 Å². The Balaban J connectivity index is 2.01. The van der Waals surface area contributed by atoms with Crippen LogP contribution in [0.2, 0.25) is 15.1 Å². The SMILES string of the molecule is CCCNC(=O)[C@H](C)N(Cc1ccc(Cl)cc1)C(=O)CN(c1cccc(Cl)c1)S(=O)(=O)c1ccc(Cl)cc1. The lowest BCUT2D eigenvalue weighted by atomic mass is 10.1. The Labute approximate surface area is 238 Å². The maximum Gasteiger partial charge on any atom is 0.264 e. The summed E-state index contributed by atoms with van der Waals surface area (Å²) in [6, 6.07) is 17.9. The van der Waals surface area contributed by atoms with Crippen LogP contribution in [0.5, 0.6) is 0 Å². The first-order valence-electron chi connectivity index (χ1n) is 11.9. The van der Waals surface area contributed by atoms with E-state index in [4.69, 9.17) is 34.8 Å². The molecule has 7 nitrogen and oxygen atoms in total. The Kier molecular flexibility index (Phi) is 10.4. The van der Waals surface area contributed by atoms with Crippen LogP contribution in [0, 0.1) is 0 Å². The van der Waals surface area contributed by atoms with Crippen molar-refractivity contribution >= 4 is 62.3 Å². The number of amides is 2. The third-order valence-corrected chi connectivity index (χ3v) is 8.29. The van der Waals surface area contributed by atoms with Crippen molar-refractivity contribution in [3.8, 4) is 0 Å². The first-order chi connectivity index (χ1) is 18.0. The first kappa shape index (κ1) is 29.8. The lowest BCUT2D eigenvalue weighted by Crippen LogP contribution is -2.51. The van der Waals surface area contributed by atoms with E-state index in [1.165, 1.54) is 35.2 Å². The van der Waals surface area contributed by atoms with Crippen molar-refractivity contribution in [3.63, 3.8) is 0 Å². The Morgan fingerprint density at radius 1 is 0.895 bits per heavy atom. The van der Waals surface area contributed by atoms with Crippen LogP contribution in [0.3, 0.4) is 0 Å². The molecule has 0 radical (unpaired) electrons. The fourth-order valence-electron chi connectivity index (χ4n) is 3.66. The number of rotatable bonds is 11. The molecule has 0 aliphatic rings. The van der Waals surface area contributed by atoms with Gasteiger partial charge in [-0.25, -0.2) is 8.42 Å². The minimum Gasteiger partial charge on any atom is -0.354 e. The Bertz CT molecular complexity index is 1370. The van der Waals surface area contributed by atoms with Gasteiger partial charge in [0.05, 0.1) is 10.6 Å². The molecular formula is C27H28Cl3N3O4S. The molecule has 0 aliphatic carbocycles. The smallest absolute Gasteiger partial charge is 0.264 e. The van der Waals surface area contributed by atoms with Gasteiger partial charge in [-0.1, -0.05) is 59.9 Å². The van der Waals surface area contributed by atoms with E-state index in [0.717, 1.165) is 16.3 Å². The molecular weight excluding hydrogens is 569 g/mol. The van der Waals surface area contributed by atoms with Gasteiger partial charge in [0.25, 0.3) is 10.0 Å². The summed E-state index contributed by atoms with van der Waals surface area (Å²) in [6.45, 7) is 3.49. The molecule has 3 rings (SSSR count). The second-order valence-corrected chi connectivity index (χ2v) is 11.7. The first-order valence-corrected chi connectivity index (χ1v) is 14.5. The average Bonchev–Trinajstić information content (AvgIpc) is 2.89. The molecule has 0 bridgehead atoms. The molecule has 38 heavy (non-hydrogen) atoms. The molecule has 0 aromatic heterocycles. The van der Waals surface area contributed by atoms with E-state index in [1.54, 1.807) is 49.4 Å². The maximum absolute atomic E-state index is 13.8. The van der Waals surface area contributed by atoms with Crippen molar-refractivity contribution < 1.29 is 18.0 Å². The highest BCUT2D eigenvalue weighted by atomic mass is 35.5. The zero-order valence-electron chi connectivity index (χ0n) is 20.9. The summed E-state index contributed by atoms with van der Waals surface area (Å²) in [7, 11) is -4.20. The van der Waals surface area contributed by atoms with Gasteiger partial charge in [-0.2, -0.15) is 0 Å². The summed E-state index contributed by atoms with van der Waals surface area (Å²) >= 11 is 18.1. The van der Waals surface area contributed by atoms with Gasteiger partial charge in [-0.3, -0.25) is 13.9 Å².